The topological polar surface area (TPSA) is 84.9 Å². The summed E-state index contributed by atoms with van der Waals surface area (Å²) in [7, 11) is 1.27. The highest BCUT2D eigenvalue weighted by atomic mass is 19.3. The zero-order chi connectivity index (χ0) is 15.8. The summed E-state index contributed by atoms with van der Waals surface area (Å²) >= 11 is 0. The van der Waals surface area contributed by atoms with Crippen molar-refractivity contribution in [3.8, 4) is 11.5 Å². The van der Waals surface area contributed by atoms with E-state index in [4.69, 9.17) is 9.84 Å². The van der Waals surface area contributed by atoms with Gasteiger partial charge in [0.25, 0.3) is 5.91 Å². The molecule has 21 heavy (non-hydrogen) atoms. The predicted molar refractivity (Wildman–Crippen MR) is 68.8 cm³/mol. The molecule has 1 rings (SSSR count). The Balaban J connectivity index is 2.66. The third kappa shape index (κ3) is 5.64. The first-order chi connectivity index (χ1) is 9.93. The van der Waals surface area contributed by atoms with Gasteiger partial charge in [-0.25, -0.2) is 0 Å². The van der Waals surface area contributed by atoms with Gasteiger partial charge in [-0.05, 0) is 24.6 Å². The van der Waals surface area contributed by atoms with E-state index in [-0.39, 0.29) is 30.0 Å². The van der Waals surface area contributed by atoms with Gasteiger partial charge in [-0.3, -0.25) is 9.59 Å². The van der Waals surface area contributed by atoms with Crippen molar-refractivity contribution in [1.29, 1.82) is 0 Å². The van der Waals surface area contributed by atoms with E-state index < -0.39 is 18.5 Å². The summed E-state index contributed by atoms with van der Waals surface area (Å²) in [5, 5.41) is 11.0. The molecule has 2 N–H and O–H groups in total. The molecule has 0 bridgehead atoms. The maximum Gasteiger partial charge on any atom is 0.387 e. The van der Waals surface area contributed by atoms with Crippen LogP contribution in [0.3, 0.4) is 0 Å². The van der Waals surface area contributed by atoms with Crippen LogP contribution in [0.15, 0.2) is 18.2 Å². The Morgan fingerprint density at radius 2 is 2.05 bits per heavy atom. The molecule has 0 aromatic heterocycles. The summed E-state index contributed by atoms with van der Waals surface area (Å²) in [6.07, 6.45) is 0.246. The Bertz CT molecular complexity index is 507. The minimum atomic E-state index is -2.99. The Morgan fingerprint density at radius 3 is 2.62 bits per heavy atom. The maximum atomic E-state index is 12.2. The molecule has 0 atom stereocenters. The highest BCUT2D eigenvalue weighted by Crippen LogP contribution is 2.29. The highest BCUT2D eigenvalue weighted by molar-refractivity contribution is 5.94. The molecule has 0 aliphatic rings. The molecule has 0 spiro atoms. The fraction of sp³-hybridized carbons (Fsp3) is 0.385. The SMILES string of the molecule is COc1cc(C(=O)NCCCC(=O)O)ccc1OC(F)F. The number of amides is 1. The van der Waals surface area contributed by atoms with Crippen LogP contribution in [0.2, 0.25) is 0 Å². The lowest BCUT2D eigenvalue weighted by Crippen LogP contribution is -2.24. The monoisotopic (exact) mass is 303 g/mol. The fourth-order valence-corrected chi connectivity index (χ4v) is 1.55. The molecule has 0 heterocycles. The molecule has 116 valence electrons. The van der Waals surface area contributed by atoms with Crippen LogP contribution in [-0.4, -0.2) is 37.2 Å². The number of hydrogen-bond acceptors (Lipinski definition) is 4. The van der Waals surface area contributed by atoms with E-state index in [1.54, 1.807) is 0 Å². The molecule has 1 aromatic carbocycles. The zero-order valence-corrected chi connectivity index (χ0v) is 11.3. The van der Waals surface area contributed by atoms with E-state index in [0.717, 1.165) is 0 Å². The van der Waals surface area contributed by atoms with Crippen LogP contribution in [0.1, 0.15) is 23.2 Å². The Labute approximate surface area is 119 Å². The van der Waals surface area contributed by atoms with Gasteiger partial charge >= 0.3 is 12.6 Å². The minimum absolute atomic E-state index is 0.00786. The number of carboxylic acids is 1. The Morgan fingerprint density at radius 1 is 1.33 bits per heavy atom. The van der Waals surface area contributed by atoms with E-state index in [2.05, 4.69) is 10.1 Å². The lowest BCUT2D eigenvalue weighted by molar-refractivity contribution is -0.137. The van der Waals surface area contributed by atoms with Gasteiger partial charge in [0, 0.05) is 18.5 Å². The van der Waals surface area contributed by atoms with E-state index in [9.17, 15) is 18.4 Å². The molecule has 6 nitrogen and oxygen atoms in total. The summed E-state index contributed by atoms with van der Waals surface area (Å²) < 4.78 is 33.4. The molecular weight excluding hydrogens is 288 g/mol. The first-order valence-electron chi connectivity index (χ1n) is 6.07. The van der Waals surface area contributed by atoms with Crippen LogP contribution < -0.4 is 14.8 Å². The van der Waals surface area contributed by atoms with Gasteiger partial charge in [-0.1, -0.05) is 0 Å². The van der Waals surface area contributed by atoms with Crippen molar-refractivity contribution in [2.45, 2.75) is 19.5 Å². The van der Waals surface area contributed by atoms with Gasteiger partial charge in [0.15, 0.2) is 11.5 Å². The first kappa shape index (κ1) is 16.7. The van der Waals surface area contributed by atoms with Gasteiger partial charge < -0.3 is 19.9 Å². The third-order valence-electron chi connectivity index (χ3n) is 2.49. The number of methoxy groups -OCH3 is 1. The molecule has 8 heteroatoms. The molecule has 1 amide bonds. The normalized spacial score (nSPS) is 10.3. The van der Waals surface area contributed by atoms with Gasteiger partial charge in [-0.15, -0.1) is 0 Å². The molecule has 0 fully saturated rings. The highest BCUT2D eigenvalue weighted by Gasteiger charge is 2.14. The summed E-state index contributed by atoms with van der Waals surface area (Å²) in [5.74, 6) is -1.56. The van der Waals surface area contributed by atoms with Crippen molar-refractivity contribution in [2.24, 2.45) is 0 Å². The van der Waals surface area contributed by atoms with Gasteiger partial charge in [-0.2, -0.15) is 8.78 Å². The summed E-state index contributed by atoms with van der Waals surface area (Å²) in [4.78, 5) is 22.1. The van der Waals surface area contributed by atoms with Crippen LogP contribution in [0.25, 0.3) is 0 Å². The lowest BCUT2D eigenvalue weighted by Gasteiger charge is -2.11. The molecule has 0 saturated heterocycles. The van der Waals surface area contributed by atoms with Crippen molar-refractivity contribution < 1.29 is 33.0 Å². The number of rotatable bonds is 8. The second kappa shape index (κ2) is 8.03. The van der Waals surface area contributed by atoms with Crippen molar-refractivity contribution in [1.82, 2.24) is 5.32 Å². The molecule has 0 radical (unpaired) electrons. The van der Waals surface area contributed by atoms with E-state index in [0.29, 0.717) is 6.42 Å². The van der Waals surface area contributed by atoms with E-state index in [1.165, 1.54) is 25.3 Å². The van der Waals surface area contributed by atoms with Gasteiger partial charge in [0.1, 0.15) is 0 Å². The van der Waals surface area contributed by atoms with E-state index >= 15 is 0 Å². The number of carbonyl (C=O) groups is 2. The first-order valence-corrected chi connectivity index (χ1v) is 6.07. The second-order valence-corrected chi connectivity index (χ2v) is 4.00. The van der Waals surface area contributed by atoms with Crippen LogP contribution in [-0.2, 0) is 4.79 Å². The number of nitrogens with one attached hydrogen (secondary N) is 1. The number of carboxylic acid groups (broad SMARTS) is 1. The Kier molecular flexibility index (Phi) is 6.38. The number of ether oxygens (including phenoxy) is 2. The zero-order valence-electron chi connectivity index (χ0n) is 11.3. The average molecular weight is 303 g/mol. The maximum absolute atomic E-state index is 12.2. The fourth-order valence-electron chi connectivity index (χ4n) is 1.55. The number of carbonyl (C=O) groups excluding carboxylic acids is 1. The number of hydrogen-bond donors (Lipinski definition) is 2. The van der Waals surface area contributed by atoms with Crippen molar-refractivity contribution in [2.75, 3.05) is 13.7 Å². The second-order valence-electron chi connectivity index (χ2n) is 4.00. The van der Waals surface area contributed by atoms with E-state index in [1.807, 2.05) is 0 Å². The molecular formula is C13H15F2NO5. The molecule has 1 aromatic rings. The predicted octanol–water partition coefficient (Wildman–Crippen LogP) is 1.89. The van der Waals surface area contributed by atoms with Crippen LogP contribution in [0.4, 0.5) is 8.78 Å². The number of alkyl halides is 2. The molecule has 0 saturated carbocycles. The standard InChI is InChI=1S/C13H15F2NO5/c1-20-10-7-8(4-5-9(10)21-13(14)15)12(19)16-6-2-3-11(17)18/h4-5,7,13H,2-3,6H2,1H3,(H,16,19)(H,17,18). The van der Waals surface area contributed by atoms with Crippen molar-refractivity contribution >= 4 is 11.9 Å². The lowest BCUT2D eigenvalue weighted by atomic mass is 10.2. The Hall–Kier alpha value is -2.38. The number of halogens is 2. The largest absolute Gasteiger partial charge is 0.493 e. The molecule has 0 aliphatic carbocycles. The summed E-state index contributed by atoms with van der Waals surface area (Å²) in [6, 6.07) is 3.79. The molecule has 0 unspecified atom stereocenters. The molecule has 0 aliphatic heterocycles. The summed E-state index contributed by atoms with van der Waals surface area (Å²) in [6.45, 7) is -2.79. The van der Waals surface area contributed by atoms with Crippen LogP contribution >= 0.6 is 0 Å². The summed E-state index contributed by atoms with van der Waals surface area (Å²) in [5.41, 5.74) is 0.198. The number of benzene rings is 1. The third-order valence-corrected chi connectivity index (χ3v) is 2.49. The van der Waals surface area contributed by atoms with Crippen molar-refractivity contribution in [3.05, 3.63) is 23.8 Å². The van der Waals surface area contributed by atoms with Gasteiger partial charge in [0.2, 0.25) is 0 Å². The minimum Gasteiger partial charge on any atom is -0.493 e. The van der Waals surface area contributed by atoms with Gasteiger partial charge in [0.05, 0.1) is 7.11 Å². The van der Waals surface area contributed by atoms with Crippen LogP contribution in [0.5, 0.6) is 11.5 Å². The number of aliphatic carboxylic acids is 1. The quantitative estimate of drug-likeness (QED) is 0.716. The average Bonchev–Trinajstić information content (AvgIpc) is 2.43. The van der Waals surface area contributed by atoms with Crippen LogP contribution in [0, 0.1) is 0 Å². The van der Waals surface area contributed by atoms with Crippen molar-refractivity contribution in [3.63, 3.8) is 0 Å². The smallest absolute Gasteiger partial charge is 0.387 e.